The SMILES string of the molecule is Cc1ccc(NC(=O)COC(=O)CSc2cccc3cccc(Cl)c23)c(C)c1. The van der Waals surface area contributed by atoms with Crippen LogP contribution in [-0.4, -0.2) is 24.2 Å². The number of amides is 1. The minimum absolute atomic E-state index is 0.0984. The van der Waals surface area contributed by atoms with Gasteiger partial charge < -0.3 is 10.1 Å². The van der Waals surface area contributed by atoms with Gasteiger partial charge in [-0.15, -0.1) is 11.8 Å². The molecule has 3 aromatic rings. The van der Waals surface area contributed by atoms with E-state index in [0.29, 0.717) is 10.7 Å². The minimum Gasteiger partial charge on any atom is -0.455 e. The standard InChI is InChI=1S/C22H20ClNO3S/c1-14-9-10-18(15(2)11-14)24-20(25)12-27-21(26)13-28-19-8-4-6-16-5-3-7-17(23)22(16)19/h3-11H,12-13H2,1-2H3,(H,24,25). The lowest BCUT2D eigenvalue weighted by molar-refractivity contribution is -0.144. The van der Waals surface area contributed by atoms with E-state index in [1.165, 1.54) is 11.8 Å². The third-order valence-corrected chi connectivity index (χ3v) is 5.53. The van der Waals surface area contributed by atoms with Crippen LogP contribution in [0.5, 0.6) is 0 Å². The molecule has 0 saturated heterocycles. The average Bonchev–Trinajstić information content (AvgIpc) is 2.67. The molecule has 0 aliphatic rings. The maximum absolute atomic E-state index is 12.0. The van der Waals surface area contributed by atoms with E-state index < -0.39 is 5.97 Å². The molecule has 3 aromatic carbocycles. The monoisotopic (exact) mass is 413 g/mol. The predicted molar refractivity (Wildman–Crippen MR) is 115 cm³/mol. The summed E-state index contributed by atoms with van der Waals surface area (Å²) in [5.74, 6) is -0.718. The first-order chi connectivity index (χ1) is 13.4. The van der Waals surface area contributed by atoms with Crippen molar-refractivity contribution in [2.75, 3.05) is 17.7 Å². The fourth-order valence-corrected chi connectivity index (χ4v) is 4.09. The van der Waals surface area contributed by atoms with Gasteiger partial charge in [0.25, 0.3) is 5.91 Å². The molecule has 1 amide bonds. The van der Waals surface area contributed by atoms with Crippen LogP contribution in [0, 0.1) is 13.8 Å². The highest BCUT2D eigenvalue weighted by molar-refractivity contribution is 8.00. The first kappa shape index (κ1) is 20.2. The Morgan fingerprint density at radius 2 is 1.82 bits per heavy atom. The van der Waals surface area contributed by atoms with Crippen molar-refractivity contribution in [3.05, 3.63) is 70.7 Å². The van der Waals surface area contributed by atoms with Crippen molar-refractivity contribution in [3.8, 4) is 0 Å². The summed E-state index contributed by atoms with van der Waals surface area (Å²) in [4.78, 5) is 25.0. The largest absolute Gasteiger partial charge is 0.455 e. The molecule has 1 N–H and O–H groups in total. The number of halogens is 1. The molecule has 4 nitrogen and oxygen atoms in total. The Labute approximate surface area is 173 Å². The van der Waals surface area contributed by atoms with Crippen molar-refractivity contribution >= 4 is 51.7 Å². The number of thioether (sulfide) groups is 1. The van der Waals surface area contributed by atoms with Crippen LogP contribution in [0.3, 0.4) is 0 Å². The van der Waals surface area contributed by atoms with Crippen LogP contribution in [0.2, 0.25) is 5.02 Å². The summed E-state index contributed by atoms with van der Waals surface area (Å²) in [5, 5.41) is 5.33. The molecular formula is C22H20ClNO3S. The zero-order chi connectivity index (χ0) is 20.1. The summed E-state index contributed by atoms with van der Waals surface area (Å²) in [6.07, 6.45) is 0. The van der Waals surface area contributed by atoms with Crippen LogP contribution < -0.4 is 5.32 Å². The van der Waals surface area contributed by atoms with Gasteiger partial charge in [0.15, 0.2) is 6.61 Å². The maximum atomic E-state index is 12.0. The zero-order valence-electron chi connectivity index (χ0n) is 15.6. The molecule has 0 aromatic heterocycles. The number of esters is 1. The molecular weight excluding hydrogens is 394 g/mol. The van der Waals surface area contributed by atoms with Crippen molar-refractivity contribution in [1.82, 2.24) is 0 Å². The summed E-state index contributed by atoms with van der Waals surface area (Å²) in [7, 11) is 0. The number of hydrogen-bond donors (Lipinski definition) is 1. The Morgan fingerprint density at radius 3 is 2.57 bits per heavy atom. The van der Waals surface area contributed by atoms with Crippen LogP contribution >= 0.6 is 23.4 Å². The molecule has 0 radical (unpaired) electrons. The first-order valence-electron chi connectivity index (χ1n) is 8.77. The van der Waals surface area contributed by atoms with Crippen LogP contribution in [0.4, 0.5) is 5.69 Å². The minimum atomic E-state index is -0.454. The fourth-order valence-electron chi connectivity index (χ4n) is 2.85. The van der Waals surface area contributed by atoms with E-state index in [-0.39, 0.29) is 18.3 Å². The molecule has 3 rings (SSSR count). The highest BCUT2D eigenvalue weighted by Crippen LogP contribution is 2.33. The summed E-state index contributed by atoms with van der Waals surface area (Å²) in [5.41, 5.74) is 2.79. The van der Waals surface area contributed by atoms with E-state index in [2.05, 4.69) is 5.32 Å². The van der Waals surface area contributed by atoms with Crippen LogP contribution in [0.1, 0.15) is 11.1 Å². The Morgan fingerprint density at radius 1 is 1.07 bits per heavy atom. The lowest BCUT2D eigenvalue weighted by Gasteiger charge is -2.10. The molecule has 0 aliphatic carbocycles. The second-order valence-electron chi connectivity index (χ2n) is 6.41. The Bertz CT molecular complexity index is 1030. The van der Waals surface area contributed by atoms with Crippen molar-refractivity contribution < 1.29 is 14.3 Å². The van der Waals surface area contributed by atoms with E-state index in [1.807, 2.05) is 68.4 Å². The molecule has 0 heterocycles. The number of aryl methyl sites for hydroxylation is 2. The van der Waals surface area contributed by atoms with Gasteiger partial charge in [0.05, 0.1) is 5.75 Å². The van der Waals surface area contributed by atoms with E-state index in [0.717, 1.165) is 26.8 Å². The molecule has 0 spiro atoms. The predicted octanol–water partition coefficient (Wildman–Crippen LogP) is 5.38. The third kappa shape index (κ3) is 5.06. The smallest absolute Gasteiger partial charge is 0.316 e. The van der Waals surface area contributed by atoms with Gasteiger partial charge in [-0.05, 0) is 43.0 Å². The second-order valence-corrected chi connectivity index (χ2v) is 7.83. The van der Waals surface area contributed by atoms with Gasteiger partial charge in [0, 0.05) is 21.0 Å². The van der Waals surface area contributed by atoms with E-state index in [1.54, 1.807) is 0 Å². The number of ether oxygens (including phenoxy) is 1. The topological polar surface area (TPSA) is 55.4 Å². The molecule has 0 bridgehead atoms. The van der Waals surface area contributed by atoms with Gasteiger partial charge in [-0.3, -0.25) is 9.59 Å². The number of carbonyl (C=O) groups excluding carboxylic acids is 2. The second kappa shape index (κ2) is 9.13. The summed E-state index contributed by atoms with van der Waals surface area (Å²) >= 11 is 7.64. The lowest BCUT2D eigenvalue weighted by Crippen LogP contribution is -2.22. The van der Waals surface area contributed by atoms with Gasteiger partial charge >= 0.3 is 5.97 Å². The van der Waals surface area contributed by atoms with Gasteiger partial charge in [-0.2, -0.15) is 0 Å². The van der Waals surface area contributed by atoms with Crippen molar-refractivity contribution in [2.24, 2.45) is 0 Å². The van der Waals surface area contributed by atoms with Crippen molar-refractivity contribution in [1.29, 1.82) is 0 Å². The molecule has 28 heavy (non-hydrogen) atoms. The first-order valence-corrected chi connectivity index (χ1v) is 10.1. The molecule has 0 atom stereocenters. The van der Waals surface area contributed by atoms with Crippen molar-refractivity contribution in [2.45, 2.75) is 18.7 Å². The van der Waals surface area contributed by atoms with Gasteiger partial charge in [0.2, 0.25) is 0 Å². The summed E-state index contributed by atoms with van der Waals surface area (Å²) < 4.78 is 5.10. The molecule has 6 heteroatoms. The van der Waals surface area contributed by atoms with Crippen LogP contribution in [-0.2, 0) is 14.3 Å². The quantitative estimate of drug-likeness (QED) is 0.435. The Kier molecular flexibility index (Phi) is 6.60. The maximum Gasteiger partial charge on any atom is 0.316 e. The number of carbonyl (C=O) groups is 2. The Hall–Kier alpha value is -2.50. The third-order valence-electron chi connectivity index (χ3n) is 4.18. The van der Waals surface area contributed by atoms with Gasteiger partial charge in [0.1, 0.15) is 0 Å². The molecule has 0 unspecified atom stereocenters. The number of benzene rings is 3. The highest BCUT2D eigenvalue weighted by Gasteiger charge is 2.12. The number of nitrogens with one attached hydrogen (secondary N) is 1. The van der Waals surface area contributed by atoms with E-state index in [9.17, 15) is 9.59 Å². The fraction of sp³-hybridized carbons (Fsp3) is 0.182. The molecule has 0 saturated carbocycles. The zero-order valence-corrected chi connectivity index (χ0v) is 17.2. The van der Waals surface area contributed by atoms with Gasteiger partial charge in [-0.1, -0.05) is 53.6 Å². The van der Waals surface area contributed by atoms with Crippen molar-refractivity contribution in [3.63, 3.8) is 0 Å². The van der Waals surface area contributed by atoms with Gasteiger partial charge in [-0.25, -0.2) is 0 Å². The molecule has 0 fully saturated rings. The molecule has 144 valence electrons. The summed E-state index contributed by atoms with van der Waals surface area (Å²) in [6.45, 7) is 3.59. The number of anilines is 1. The highest BCUT2D eigenvalue weighted by atomic mass is 35.5. The number of rotatable bonds is 6. The normalized spacial score (nSPS) is 10.7. The van der Waals surface area contributed by atoms with Crippen LogP contribution in [0.25, 0.3) is 10.8 Å². The Balaban J connectivity index is 1.53. The average molecular weight is 414 g/mol. The number of fused-ring (bicyclic) bond motifs is 1. The molecule has 0 aliphatic heterocycles. The summed E-state index contributed by atoms with van der Waals surface area (Å²) in [6, 6.07) is 17.2. The lowest BCUT2D eigenvalue weighted by atomic mass is 10.1. The van der Waals surface area contributed by atoms with Crippen LogP contribution in [0.15, 0.2) is 59.5 Å². The number of hydrogen-bond acceptors (Lipinski definition) is 4. The van der Waals surface area contributed by atoms with E-state index >= 15 is 0 Å². The van der Waals surface area contributed by atoms with E-state index in [4.69, 9.17) is 16.3 Å².